The summed E-state index contributed by atoms with van der Waals surface area (Å²) in [5.41, 5.74) is 0. The molecule has 0 aromatic carbocycles. The Morgan fingerprint density at radius 2 is 1.57 bits per heavy atom. The normalized spacial score (nSPS) is 17.4. The van der Waals surface area contributed by atoms with Crippen molar-refractivity contribution in [1.29, 1.82) is 0 Å². The number of rotatable bonds is 3. The van der Waals surface area contributed by atoms with Crippen LogP contribution in [0.15, 0.2) is 0 Å². The van der Waals surface area contributed by atoms with Gasteiger partial charge < -0.3 is 7.43 Å². The second kappa shape index (κ2) is 8.56. The SMILES string of the molecule is FC(F)(F)CCCC1CCCC1.[CH3-].[K+]. The van der Waals surface area contributed by atoms with Gasteiger partial charge in [0.05, 0.1) is 0 Å². The van der Waals surface area contributed by atoms with Crippen LogP contribution in [0.1, 0.15) is 44.9 Å². The Labute approximate surface area is 127 Å². The maximum atomic E-state index is 11.7. The van der Waals surface area contributed by atoms with Crippen LogP contribution in [0.3, 0.4) is 0 Å². The summed E-state index contributed by atoms with van der Waals surface area (Å²) in [4.78, 5) is 0. The molecule has 0 spiro atoms. The predicted octanol–water partition coefficient (Wildman–Crippen LogP) is 1.36. The van der Waals surface area contributed by atoms with Crippen LogP contribution in [0.4, 0.5) is 13.2 Å². The van der Waals surface area contributed by atoms with Crippen molar-refractivity contribution in [2.45, 2.75) is 51.1 Å². The van der Waals surface area contributed by atoms with Crippen LogP contribution in [-0.4, -0.2) is 6.18 Å². The first-order valence-corrected chi connectivity index (χ1v) is 4.65. The van der Waals surface area contributed by atoms with Gasteiger partial charge in [-0.05, 0) is 12.3 Å². The van der Waals surface area contributed by atoms with Gasteiger partial charge in [-0.25, -0.2) is 0 Å². The Bertz CT molecular complexity index is 128. The van der Waals surface area contributed by atoms with Crippen LogP contribution in [0.25, 0.3) is 0 Å². The molecular weight excluding hydrogens is 216 g/mol. The van der Waals surface area contributed by atoms with Gasteiger partial charge in [-0.1, -0.05) is 32.1 Å². The molecule has 1 fully saturated rings. The number of hydrogen-bond acceptors (Lipinski definition) is 0. The fourth-order valence-corrected chi connectivity index (χ4v) is 1.89. The van der Waals surface area contributed by atoms with E-state index in [9.17, 15) is 13.2 Å². The number of halogens is 3. The van der Waals surface area contributed by atoms with Crippen molar-refractivity contribution < 1.29 is 64.6 Å². The average Bonchev–Trinajstić information content (AvgIpc) is 2.36. The predicted molar refractivity (Wildman–Crippen MR) is 48.3 cm³/mol. The van der Waals surface area contributed by atoms with Gasteiger partial charge in [0.2, 0.25) is 0 Å². The standard InChI is InChI=1S/C9H15F3.CH3.K/c10-9(11,12)7-3-6-8-4-1-2-5-8;;/h8H,1-7H2;1H3;/q;-1;+1. The van der Waals surface area contributed by atoms with Gasteiger partial charge in [0.1, 0.15) is 0 Å². The van der Waals surface area contributed by atoms with Crippen molar-refractivity contribution in [3.05, 3.63) is 7.43 Å². The summed E-state index contributed by atoms with van der Waals surface area (Å²) in [5.74, 6) is 0.590. The average molecular weight is 234 g/mol. The molecule has 0 aromatic heterocycles. The van der Waals surface area contributed by atoms with E-state index >= 15 is 0 Å². The third kappa shape index (κ3) is 8.71. The second-order valence-corrected chi connectivity index (χ2v) is 3.66. The van der Waals surface area contributed by atoms with Gasteiger partial charge in [0.25, 0.3) is 0 Å². The molecule has 0 N–H and O–H groups in total. The fraction of sp³-hybridized carbons (Fsp3) is 0.900. The smallest absolute Gasteiger partial charge is 0.358 e. The Morgan fingerprint density at radius 3 is 2.00 bits per heavy atom. The first-order valence-electron chi connectivity index (χ1n) is 4.65. The number of alkyl halides is 3. The van der Waals surface area contributed by atoms with Crippen LogP contribution in [0.5, 0.6) is 0 Å². The van der Waals surface area contributed by atoms with E-state index in [1.54, 1.807) is 0 Å². The molecular formula is C10H18F3K. The molecule has 0 atom stereocenters. The zero-order valence-corrected chi connectivity index (χ0v) is 12.3. The van der Waals surface area contributed by atoms with Crippen molar-refractivity contribution in [2.24, 2.45) is 5.92 Å². The molecule has 0 radical (unpaired) electrons. The largest absolute Gasteiger partial charge is 1.00 e. The van der Waals surface area contributed by atoms with Gasteiger partial charge in [-0.2, -0.15) is 13.2 Å². The molecule has 80 valence electrons. The zero-order chi connectivity index (χ0) is 9.03. The quantitative estimate of drug-likeness (QED) is 0.511. The van der Waals surface area contributed by atoms with E-state index < -0.39 is 12.6 Å². The molecule has 1 rings (SSSR count). The van der Waals surface area contributed by atoms with Gasteiger partial charge >= 0.3 is 57.6 Å². The molecule has 0 amide bonds. The van der Waals surface area contributed by atoms with Crippen molar-refractivity contribution in [3.8, 4) is 0 Å². The van der Waals surface area contributed by atoms with E-state index in [1.165, 1.54) is 12.8 Å². The Balaban J connectivity index is 0. The summed E-state index contributed by atoms with van der Waals surface area (Å²) >= 11 is 0. The molecule has 0 unspecified atom stereocenters. The van der Waals surface area contributed by atoms with Crippen LogP contribution in [0, 0.1) is 13.3 Å². The van der Waals surface area contributed by atoms with Crippen molar-refractivity contribution in [1.82, 2.24) is 0 Å². The van der Waals surface area contributed by atoms with Gasteiger partial charge in [0, 0.05) is 6.42 Å². The van der Waals surface area contributed by atoms with Crippen LogP contribution < -0.4 is 51.4 Å². The minimum Gasteiger partial charge on any atom is -0.358 e. The van der Waals surface area contributed by atoms with Crippen molar-refractivity contribution >= 4 is 0 Å². The molecule has 1 aliphatic carbocycles. The summed E-state index contributed by atoms with van der Waals surface area (Å²) in [6, 6.07) is 0. The molecule has 0 bridgehead atoms. The summed E-state index contributed by atoms with van der Waals surface area (Å²) < 4.78 is 35.2. The van der Waals surface area contributed by atoms with E-state index in [0.717, 1.165) is 19.3 Å². The Hall–Kier alpha value is 1.43. The van der Waals surface area contributed by atoms with Crippen LogP contribution in [-0.2, 0) is 0 Å². The molecule has 0 heterocycles. The molecule has 14 heavy (non-hydrogen) atoms. The van der Waals surface area contributed by atoms with E-state index in [0.29, 0.717) is 12.3 Å². The third-order valence-corrected chi connectivity index (χ3v) is 2.55. The molecule has 4 heteroatoms. The first-order chi connectivity index (χ1) is 5.58. The minimum absolute atomic E-state index is 0. The summed E-state index contributed by atoms with van der Waals surface area (Å²) in [7, 11) is 0. The van der Waals surface area contributed by atoms with E-state index in [-0.39, 0.29) is 58.8 Å². The maximum Gasteiger partial charge on any atom is 1.00 e. The van der Waals surface area contributed by atoms with Gasteiger partial charge in [0.15, 0.2) is 0 Å². The number of hydrogen-bond donors (Lipinski definition) is 0. The van der Waals surface area contributed by atoms with Crippen molar-refractivity contribution in [3.63, 3.8) is 0 Å². The summed E-state index contributed by atoms with van der Waals surface area (Å²) in [5, 5.41) is 0. The summed E-state index contributed by atoms with van der Waals surface area (Å²) in [6.45, 7) is 0. The third-order valence-electron chi connectivity index (χ3n) is 2.55. The summed E-state index contributed by atoms with van der Waals surface area (Å²) in [6.07, 6.45) is 1.30. The van der Waals surface area contributed by atoms with E-state index in [1.807, 2.05) is 0 Å². The Kier molecular flexibility index (Phi) is 10.9. The monoisotopic (exact) mass is 234 g/mol. The van der Waals surface area contributed by atoms with Crippen molar-refractivity contribution in [2.75, 3.05) is 0 Å². The van der Waals surface area contributed by atoms with Gasteiger partial charge in [-0.3, -0.25) is 0 Å². The second-order valence-electron chi connectivity index (χ2n) is 3.66. The van der Waals surface area contributed by atoms with Gasteiger partial charge in [-0.15, -0.1) is 0 Å². The molecule has 0 nitrogen and oxygen atoms in total. The molecule has 0 saturated heterocycles. The van der Waals surface area contributed by atoms with Crippen LogP contribution >= 0.6 is 0 Å². The molecule has 0 aliphatic heterocycles. The molecule has 1 aliphatic rings. The van der Waals surface area contributed by atoms with Crippen LogP contribution in [0.2, 0.25) is 0 Å². The zero-order valence-electron chi connectivity index (χ0n) is 9.16. The van der Waals surface area contributed by atoms with E-state index in [2.05, 4.69) is 0 Å². The topological polar surface area (TPSA) is 0 Å². The molecule has 1 saturated carbocycles. The fourth-order valence-electron chi connectivity index (χ4n) is 1.89. The van der Waals surface area contributed by atoms with E-state index in [4.69, 9.17) is 0 Å². The first kappa shape index (κ1) is 17.8. The maximum absolute atomic E-state index is 11.7. The minimum atomic E-state index is -3.95. The Morgan fingerprint density at radius 1 is 1.07 bits per heavy atom. The molecule has 0 aromatic rings.